The van der Waals surface area contributed by atoms with Gasteiger partial charge in [-0.2, -0.15) is 0 Å². The number of rotatable bonds is 5. The van der Waals surface area contributed by atoms with Crippen molar-refractivity contribution in [1.29, 1.82) is 0 Å². The minimum Gasteiger partial charge on any atom is -0.326 e. The number of aryl methyl sites for hydroxylation is 1. The summed E-state index contributed by atoms with van der Waals surface area (Å²) < 4.78 is 0. The van der Waals surface area contributed by atoms with E-state index < -0.39 is 4.92 Å². The van der Waals surface area contributed by atoms with Crippen LogP contribution < -0.4 is 5.32 Å². The van der Waals surface area contributed by atoms with Crippen LogP contribution in [0.3, 0.4) is 0 Å². The van der Waals surface area contributed by atoms with Crippen molar-refractivity contribution < 1.29 is 9.72 Å². The number of benzene rings is 2. The lowest BCUT2D eigenvalue weighted by atomic mass is 10.2. The second-order valence-electron chi connectivity index (χ2n) is 5.79. The monoisotopic (exact) mass is 380 g/mol. The molecule has 0 atom stereocenters. The van der Waals surface area contributed by atoms with E-state index in [0.717, 1.165) is 21.3 Å². The molecule has 0 saturated carbocycles. The molecule has 1 amide bonds. The third kappa shape index (κ3) is 4.89. The molecule has 136 valence electrons. The van der Waals surface area contributed by atoms with E-state index in [1.807, 2.05) is 37.3 Å². The molecule has 1 N–H and O–H groups in total. The highest BCUT2D eigenvalue weighted by atomic mass is 32.2. The number of aromatic nitrogens is 2. The fourth-order valence-electron chi connectivity index (χ4n) is 2.41. The van der Waals surface area contributed by atoms with Crippen LogP contribution in [0.25, 0.3) is 11.4 Å². The number of carbonyl (C=O) groups excluding carboxylic acids is 1. The highest BCUT2D eigenvalue weighted by molar-refractivity contribution is 7.99. The third-order valence-electron chi connectivity index (χ3n) is 3.54. The summed E-state index contributed by atoms with van der Waals surface area (Å²) in [5.41, 5.74) is 2.09. The average Bonchev–Trinajstić information content (AvgIpc) is 2.62. The molecular weight excluding hydrogens is 364 g/mol. The average molecular weight is 380 g/mol. The van der Waals surface area contributed by atoms with E-state index in [1.54, 1.807) is 12.1 Å². The van der Waals surface area contributed by atoms with Crippen molar-refractivity contribution in [3.05, 3.63) is 70.4 Å². The lowest BCUT2D eigenvalue weighted by molar-refractivity contribution is -0.384. The lowest BCUT2D eigenvalue weighted by Gasteiger charge is -2.07. The van der Waals surface area contributed by atoms with Crippen molar-refractivity contribution in [3.8, 4) is 11.4 Å². The van der Waals surface area contributed by atoms with Gasteiger partial charge in [0.2, 0.25) is 5.91 Å². The summed E-state index contributed by atoms with van der Waals surface area (Å²) in [6.07, 6.45) is 0. The fraction of sp³-hybridized carbons (Fsp3) is 0.105. The maximum atomic E-state index is 11.1. The van der Waals surface area contributed by atoms with Gasteiger partial charge in [-0.15, -0.1) is 0 Å². The minimum absolute atomic E-state index is 0.000342. The van der Waals surface area contributed by atoms with E-state index in [9.17, 15) is 14.9 Å². The summed E-state index contributed by atoms with van der Waals surface area (Å²) in [6, 6.07) is 15.5. The predicted molar refractivity (Wildman–Crippen MR) is 104 cm³/mol. The Bertz CT molecular complexity index is 1010. The summed E-state index contributed by atoms with van der Waals surface area (Å²) >= 11 is 1.45. The molecule has 0 fully saturated rings. The standard InChI is InChI=1S/C19H16N4O3S/c1-12-10-18(27-17-8-6-15(7-9-17)21-13(2)24)22-19(20-12)14-4-3-5-16(11-14)23(25)26/h3-11H,1-2H3,(H,21,24). The van der Waals surface area contributed by atoms with Crippen LogP contribution in [0.4, 0.5) is 11.4 Å². The Morgan fingerprint density at radius 3 is 2.52 bits per heavy atom. The van der Waals surface area contributed by atoms with Crippen LogP contribution in [0, 0.1) is 17.0 Å². The maximum Gasteiger partial charge on any atom is 0.270 e. The Hall–Kier alpha value is -3.26. The zero-order chi connectivity index (χ0) is 19.4. The first-order valence-electron chi connectivity index (χ1n) is 8.07. The summed E-state index contributed by atoms with van der Waals surface area (Å²) in [6.45, 7) is 3.31. The van der Waals surface area contributed by atoms with Crippen molar-refractivity contribution in [2.45, 2.75) is 23.8 Å². The number of hydrogen-bond acceptors (Lipinski definition) is 6. The molecule has 0 aliphatic heterocycles. The van der Waals surface area contributed by atoms with Gasteiger partial charge in [0.1, 0.15) is 5.03 Å². The van der Waals surface area contributed by atoms with Crippen LogP contribution in [0.1, 0.15) is 12.6 Å². The van der Waals surface area contributed by atoms with Crippen LogP contribution in [-0.2, 0) is 4.79 Å². The van der Waals surface area contributed by atoms with Gasteiger partial charge in [0.05, 0.1) is 4.92 Å². The van der Waals surface area contributed by atoms with Gasteiger partial charge in [-0.3, -0.25) is 14.9 Å². The Morgan fingerprint density at radius 2 is 1.85 bits per heavy atom. The van der Waals surface area contributed by atoms with E-state index in [4.69, 9.17) is 0 Å². The van der Waals surface area contributed by atoms with E-state index in [1.165, 1.54) is 30.8 Å². The molecule has 0 bridgehead atoms. The lowest BCUT2D eigenvalue weighted by Crippen LogP contribution is -2.05. The number of nitro groups is 1. The summed E-state index contributed by atoms with van der Waals surface area (Å²) in [7, 11) is 0. The molecule has 8 heteroatoms. The van der Waals surface area contributed by atoms with Crippen LogP contribution in [0.2, 0.25) is 0 Å². The van der Waals surface area contributed by atoms with Gasteiger partial charge in [-0.05, 0) is 37.3 Å². The topological polar surface area (TPSA) is 98.0 Å². The maximum absolute atomic E-state index is 11.1. The summed E-state index contributed by atoms with van der Waals surface area (Å²) in [5.74, 6) is 0.319. The summed E-state index contributed by atoms with van der Waals surface area (Å²) in [5, 5.41) is 14.4. The highest BCUT2D eigenvalue weighted by Gasteiger charge is 2.11. The normalized spacial score (nSPS) is 10.4. The Balaban J connectivity index is 1.86. The molecule has 1 aromatic heterocycles. The van der Waals surface area contributed by atoms with E-state index in [0.29, 0.717) is 11.4 Å². The largest absolute Gasteiger partial charge is 0.326 e. The molecule has 0 spiro atoms. The zero-order valence-corrected chi connectivity index (χ0v) is 15.5. The van der Waals surface area contributed by atoms with Gasteiger partial charge in [-0.1, -0.05) is 23.9 Å². The van der Waals surface area contributed by atoms with E-state index in [2.05, 4.69) is 15.3 Å². The molecule has 0 aliphatic carbocycles. The molecule has 2 aromatic carbocycles. The van der Waals surface area contributed by atoms with Gasteiger partial charge in [0.15, 0.2) is 5.82 Å². The number of nitro benzene ring substituents is 1. The molecule has 1 heterocycles. The number of anilines is 1. The minimum atomic E-state index is -0.439. The van der Waals surface area contributed by atoms with Gasteiger partial charge < -0.3 is 5.32 Å². The van der Waals surface area contributed by atoms with Crippen molar-refractivity contribution in [2.24, 2.45) is 0 Å². The van der Waals surface area contributed by atoms with E-state index in [-0.39, 0.29) is 11.6 Å². The van der Waals surface area contributed by atoms with Crippen LogP contribution in [0.5, 0.6) is 0 Å². The van der Waals surface area contributed by atoms with Crippen molar-refractivity contribution >= 4 is 29.0 Å². The van der Waals surface area contributed by atoms with Crippen LogP contribution >= 0.6 is 11.8 Å². The number of nitrogens with zero attached hydrogens (tertiary/aromatic N) is 3. The highest BCUT2D eigenvalue weighted by Crippen LogP contribution is 2.30. The Morgan fingerprint density at radius 1 is 1.11 bits per heavy atom. The molecule has 27 heavy (non-hydrogen) atoms. The van der Waals surface area contributed by atoms with Crippen LogP contribution in [-0.4, -0.2) is 20.8 Å². The molecular formula is C19H16N4O3S. The molecule has 0 unspecified atom stereocenters. The quantitative estimate of drug-likeness (QED) is 0.398. The molecule has 3 aromatic rings. The molecule has 0 radical (unpaired) electrons. The number of nitrogens with one attached hydrogen (secondary N) is 1. The molecule has 7 nitrogen and oxygen atoms in total. The molecule has 0 aliphatic rings. The second-order valence-corrected chi connectivity index (χ2v) is 6.88. The fourth-order valence-corrected chi connectivity index (χ4v) is 3.29. The first kappa shape index (κ1) is 18.5. The van der Waals surface area contributed by atoms with Crippen LogP contribution in [0.15, 0.2) is 64.5 Å². The number of hydrogen-bond donors (Lipinski definition) is 1. The number of carbonyl (C=O) groups is 1. The predicted octanol–water partition coefficient (Wildman–Crippen LogP) is 4.47. The van der Waals surface area contributed by atoms with Crippen molar-refractivity contribution in [3.63, 3.8) is 0 Å². The zero-order valence-electron chi connectivity index (χ0n) is 14.7. The molecule has 0 saturated heterocycles. The van der Waals surface area contributed by atoms with Crippen molar-refractivity contribution in [2.75, 3.05) is 5.32 Å². The van der Waals surface area contributed by atoms with Gasteiger partial charge >= 0.3 is 0 Å². The van der Waals surface area contributed by atoms with Gasteiger partial charge in [0, 0.05) is 40.9 Å². The first-order valence-corrected chi connectivity index (χ1v) is 8.88. The first-order chi connectivity index (χ1) is 12.9. The van der Waals surface area contributed by atoms with Gasteiger partial charge in [-0.25, -0.2) is 9.97 Å². The van der Waals surface area contributed by atoms with Gasteiger partial charge in [0.25, 0.3) is 5.69 Å². The smallest absolute Gasteiger partial charge is 0.270 e. The number of non-ortho nitro benzene ring substituents is 1. The summed E-state index contributed by atoms with van der Waals surface area (Å²) in [4.78, 5) is 31.5. The van der Waals surface area contributed by atoms with Crippen molar-refractivity contribution in [1.82, 2.24) is 9.97 Å². The molecule has 3 rings (SSSR count). The Kier molecular flexibility index (Phi) is 5.46. The van der Waals surface area contributed by atoms with E-state index >= 15 is 0 Å². The number of amides is 1. The third-order valence-corrected chi connectivity index (χ3v) is 4.47. The second kappa shape index (κ2) is 7.96. The SMILES string of the molecule is CC(=O)Nc1ccc(Sc2cc(C)nc(-c3cccc([N+](=O)[O-])c3)n2)cc1. The Labute approximate surface area is 160 Å².